The smallest absolute Gasteiger partial charge is 0.256 e. The van der Waals surface area contributed by atoms with Gasteiger partial charge in [-0.1, -0.05) is 0 Å². The molecule has 0 saturated carbocycles. The van der Waals surface area contributed by atoms with E-state index >= 15 is 0 Å². The standard InChI is InChI=1S/C26H25F2N7O4/c1-16(24(36)32-22-12-31-23(13-30-22)39-21-5-4-18(27)10-20(21)28)33-8-9-35(26(2,3)15-33)25(37)19-6-7-34(38)14-17(19)11-29/h4-7,10,12-14,16H,8-9,15H2,1-3H3,(H,30,32,36)/t16-/m0/s1. The Bertz CT molecular complexity index is 1440. The van der Waals surface area contributed by atoms with Crippen molar-refractivity contribution in [2.24, 2.45) is 0 Å². The Morgan fingerprint density at radius 1 is 1.23 bits per heavy atom. The van der Waals surface area contributed by atoms with Crippen LogP contribution >= 0.6 is 0 Å². The molecule has 1 N–H and O–H groups in total. The second kappa shape index (κ2) is 11.0. The fourth-order valence-electron chi connectivity index (χ4n) is 4.30. The minimum absolute atomic E-state index is 0.0104. The van der Waals surface area contributed by atoms with E-state index in [2.05, 4.69) is 15.3 Å². The molecule has 4 rings (SSSR count). The first-order chi connectivity index (χ1) is 18.5. The maximum Gasteiger partial charge on any atom is 0.256 e. The second-order valence-corrected chi connectivity index (χ2v) is 9.57. The SMILES string of the molecule is C[C@@H](C(=O)Nc1cnc(Oc2ccc(F)cc2F)cn1)N1CCN(C(=O)c2cc[n+]([O-])cc2C#N)C(C)(C)C1. The summed E-state index contributed by atoms with van der Waals surface area (Å²) in [6.07, 6.45) is 4.68. The number of pyridine rings is 1. The lowest BCUT2D eigenvalue weighted by Gasteiger charge is -2.48. The zero-order valence-corrected chi connectivity index (χ0v) is 21.4. The van der Waals surface area contributed by atoms with E-state index in [-0.39, 0.29) is 40.4 Å². The summed E-state index contributed by atoms with van der Waals surface area (Å²) in [4.78, 5) is 37.8. The first kappa shape index (κ1) is 27.3. The fourth-order valence-corrected chi connectivity index (χ4v) is 4.30. The summed E-state index contributed by atoms with van der Waals surface area (Å²) < 4.78 is 32.6. The molecule has 0 unspecified atom stereocenters. The van der Waals surface area contributed by atoms with Crippen molar-refractivity contribution in [3.05, 3.63) is 77.0 Å². The average Bonchev–Trinajstić information content (AvgIpc) is 2.89. The van der Waals surface area contributed by atoms with Crippen molar-refractivity contribution in [2.45, 2.75) is 32.4 Å². The molecule has 1 atom stereocenters. The van der Waals surface area contributed by atoms with Gasteiger partial charge in [0.25, 0.3) is 5.91 Å². The van der Waals surface area contributed by atoms with Gasteiger partial charge in [0.1, 0.15) is 17.4 Å². The molecule has 3 heterocycles. The van der Waals surface area contributed by atoms with Gasteiger partial charge in [-0.3, -0.25) is 14.5 Å². The summed E-state index contributed by atoms with van der Waals surface area (Å²) >= 11 is 0. The van der Waals surface area contributed by atoms with Crippen LogP contribution in [-0.2, 0) is 4.79 Å². The normalized spacial score (nSPS) is 15.7. The van der Waals surface area contributed by atoms with Gasteiger partial charge in [0, 0.05) is 31.8 Å². The third-order valence-electron chi connectivity index (χ3n) is 6.38. The Morgan fingerprint density at radius 2 is 2.00 bits per heavy atom. The number of hydrogen-bond acceptors (Lipinski definition) is 8. The lowest BCUT2D eigenvalue weighted by Crippen LogP contribution is -2.63. The van der Waals surface area contributed by atoms with Crippen molar-refractivity contribution in [3.8, 4) is 17.7 Å². The molecule has 11 nitrogen and oxygen atoms in total. The van der Waals surface area contributed by atoms with Crippen LogP contribution < -0.4 is 14.8 Å². The average molecular weight is 538 g/mol. The molecule has 39 heavy (non-hydrogen) atoms. The number of anilines is 1. The number of hydrogen-bond donors (Lipinski definition) is 1. The maximum absolute atomic E-state index is 13.8. The number of amides is 2. The molecule has 13 heteroatoms. The molecular weight excluding hydrogens is 512 g/mol. The number of rotatable bonds is 6. The molecule has 1 aliphatic heterocycles. The highest BCUT2D eigenvalue weighted by Gasteiger charge is 2.40. The molecule has 0 aliphatic carbocycles. The van der Waals surface area contributed by atoms with Gasteiger partial charge in [-0.15, -0.1) is 0 Å². The Morgan fingerprint density at radius 3 is 2.64 bits per heavy atom. The quantitative estimate of drug-likeness (QED) is 0.374. The van der Waals surface area contributed by atoms with Gasteiger partial charge in [-0.25, -0.2) is 18.7 Å². The highest BCUT2D eigenvalue weighted by molar-refractivity contribution is 5.97. The predicted molar refractivity (Wildman–Crippen MR) is 133 cm³/mol. The molecule has 0 spiro atoms. The van der Waals surface area contributed by atoms with Gasteiger partial charge in [-0.05, 0) is 32.9 Å². The molecule has 0 bridgehead atoms. The van der Waals surface area contributed by atoms with Crippen LogP contribution in [0.2, 0.25) is 0 Å². The number of nitriles is 1. The number of piperazine rings is 1. The van der Waals surface area contributed by atoms with Crippen LogP contribution in [0.1, 0.15) is 36.7 Å². The zero-order chi connectivity index (χ0) is 28.3. The number of nitrogens with one attached hydrogen (secondary N) is 1. The van der Waals surface area contributed by atoms with E-state index in [0.717, 1.165) is 18.3 Å². The molecule has 1 fully saturated rings. The zero-order valence-electron chi connectivity index (χ0n) is 21.4. The minimum Gasteiger partial charge on any atom is -0.619 e. The Labute approximate surface area is 222 Å². The topological polar surface area (TPSA) is 138 Å². The summed E-state index contributed by atoms with van der Waals surface area (Å²) in [7, 11) is 0. The summed E-state index contributed by atoms with van der Waals surface area (Å²) in [6, 6.07) is 5.50. The van der Waals surface area contributed by atoms with Crippen LogP contribution in [0.15, 0.2) is 49.1 Å². The molecule has 0 radical (unpaired) electrons. The number of nitrogens with zero attached hydrogens (tertiary/aromatic N) is 6. The summed E-state index contributed by atoms with van der Waals surface area (Å²) in [5, 5.41) is 23.5. The molecule has 1 aliphatic rings. The van der Waals surface area contributed by atoms with Crippen LogP contribution in [0, 0.1) is 28.2 Å². The molecule has 202 valence electrons. The van der Waals surface area contributed by atoms with E-state index in [0.29, 0.717) is 30.4 Å². The predicted octanol–water partition coefficient (Wildman–Crippen LogP) is 2.62. The number of halogens is 2. The van der Waals surface area contributed by atoms with Gasteiger partial charge in [0.2, 0.25) is 11.8 Å². The van der Waals surface area contributed by atoms with E-state index in [9.17, 15) is 28.8 Å². The van der Waals surface area contributed by atoms with Crippen LogP contribution in [0.4, 0.5) is 14.6 Å². The maximum atomic E-state index is 13.8. The fraction of sp³-hybridized carbons (Fsp3) is 0.308. The number of aromatic nitrogens is 3. The molecule has 2 amide bonds. The molecular formula is C26H25F2N7O4. The molecule has 1 aromatic carbocycles. The Hall–Kier alpha value is -4.70. The van der Waals surface area contributed by atoms with Crippen LogP contribution in [0.3, 0.4) is 0 Å². The van der Waals surface area contributed by atoms with Gasteiger partial charge in [0.15, 0.2) is 29.8 Å². The Balaban J connectivity index is 1.37. The molecule has 3 aromatic rings. The number of carbonyl (C=O) groups excluding carboxylic acids is 2. The first-order valence-corrected chi connectivity index (χ1v) is 11.9. The van der Waals surface area contributed by atoms with E-state index in [4.69, 9.17) is 4.74 Å². The van der Waals surface area contributed by atoms with Gasteiger partial charge in [0.05, 0.1) is 29.5 Å². The lowest BCUT2D eigenvalue weighted by atomic mass is 9.95. The van der Waals surface area contributed by atoms with E-state index in [1.54, 1.807) is 11.8 Å². The van der Waals surface area contributed by atoms with Crippen molar-refractivity contribution in [1.82, 2.24) is 19.8 Å². The van der Waals surface area contributed by atoms with Gasteiger partial charge >= 0.3 is 0 Å². The van der Waals surface area contributed by atoms with Crippen molar-refractivity contribution in [2.75, 3.05) is 25.0 Å². The largest absolute Gasteiger partial charge is 0.619 e. The van der Waals surface area contributed by atoms with E-state index in [1.165, 1.54) is 24.7 Å². The summed E-state index contributed by atoms with van der Waals surface area (Å²) in [6.45, 7) is 6.50. The van der Waals surface area contributed by atoms with Crippen molar-refractivity contribution in [3.63, 3.8) is 0 Å². The monoisotopic (exact) mass is 537 g/mol. The first-order valence-electron chi connectivity index (χ1n) is 11.9. The molecule has 1 saturated heterocycles. The summed E-state index contributed by atoms with van der Waals surface area (Å²) in [5.41, 5.74) is -0.553. The van der Waals surface area contributed by atoms with E-state index < -0.39 is 23.2 Å². The number of ether oxygens (including phenoxy) is 1. The van der Waals surface area contributed by atoms with Gasteiger partial charge in [-0.2, -0.15) is 9.99 Å². The minimum atomic E-state index is -0.891. The highest BCUT2D eigenvalue weighted by atomic mass is 19.1. The van der Waals surface area contributed by atoms with Crippen LogP contribution in [0.25, 0.3) is 0 Å². The highest BCUT2D eigenvalue weighted by Crippen LogP contribution is 2.26. The third kappa shape index (κ3) is 6.07. The van der Waals surface area contributed by atoms with Crippen molar-refractivity contribution >= 4 is 17.6 Å². The van der Waals surface area contributed by atoms with Crippen molar-refractivity contribution < 1.29 is 27.8 Å². The van der Waals surface area contributed by atoms with Crippen molar-refractivity contribution in [1.29, 1.82) is 5.26 Å². The third-order valence-corrected chi connectivity index (χ3v) is 6.38. The van der Waals surface area contributed by atoms with E-state index in [1.807, 2.05) is 24.8 Å². The number of benzene rings is 1. The second-order valence-electron chi connectivity index (χ2n) is 9.57. The Kier molecular flexibility index (Phi) is 7.68. The molecule has 2 aromatic heterocycles. The summed E-state index contributed by atoms with van der Waals surface area (Å²) in [5.74, 6) is -2.47. The van der Waals surface area contributed by atoms with Gasteiger partial charge < -0.3 is 20.2 Å². The number of carbonyl (C=O) groups is 2. The van der Waals surface area contributed by atoms with Crippen LogP contribution in [0.5, 0.6) is 11.6 Å². The van der Waals surface area contributed by atoms with Crippen LogP contribution in [-0.4, -0.2) is 62.8 Å². The lowest BCUT2D eigenvalue weighted by molar-refractivity contribution is -0.605.